The Morgan fingerprint density at radius 1 is 1.12 bits per heavy atom. The van der Waals surface area contributed by atoms with Gasteiger partial charge in [0, 0.05) is 5.54 Å². The standard InChI is InChI=1S/C15H27N/c1-4-16-15-8-12-5-13(9-15)7-14(6-12,10-15)11(2)3/h11-13,16H,4-10H2,1-3H3. The summed E-state index contributed by atoms with van der Waals surface area (Å²) in [5.74, 6) is 2.97. The molecule has 0 aliphatic heterocycles. The Labute approximate surface area is 100 Å². The highest BCUT2D eigenvalue weighted by atomic mass is 15.0. The molecule has 4 aliphatic carbocycles. The minimum absolute atomic E-state index is 0.545. The largest absolute Gasteiger partial charge is 0.311 e. The van der Waals surface area contributed by atoms with Crippen molar-refractivity contribution in [3.63, 3.8) is 0 Å². The molecule has 0 aromatic rings. The highest BCUT2D eigenvalue weighted by molar-refractivity contribution is 5.12. The van der Waals surface area contributed by atoms with Crippen molar-refractivity contribution in [3.05, 3.63) is 0 Å². The van der Waals surface area contributed by atoms with E-state index in [4.69, 9.17) is 0 Å². The molecular weight excluding hydrogens is 194 g/mol. The Morgan fingerprint density at radius 3 is 2.25 bits per heavy atom. The molecule has 4 saturated carbocycles. The van der Waals surface area contributed by atoms with Gasteiger partial charge in [-0.1, -0.05) is 20.8 Å². The van der Waals surface area contributed by atoms with E-state index in [-0.39, 0.29) is 0 Å². The monoisotopic (exact) mass is 221 g/mol. The number of hydrogen-bond acceptors (Lipinski definition) is 1. The molecule has 16 heavy (non-hydrogen) atoms. The molecule has 0 spiro atoms. The van der Waals surface area contributed by atoms with Gasteiger partial charge in [-0.2, -0.15) is 0 Å². The van der Waals surface area contributed by atoms with Crippen LogP contribution in [-0.2, 0) is 0 Å². The Kier molecular flexibility index (Phi) is 2.41. The SMILES string of the molecule is CCNC12CC3CC(C1)CC(C(C)C)(C3)C2. The van der Waals surface area contributed by atoms with Crippen molar-refractivity contribution in [3.8, 4) is 0 Å². The van der Waals surface area contributed by atoms with Crippen LogP contribution in [0.4, 0.5) is 0 Å². The Hall–Kier alpha value is -0.0400. The van der Waals surface area contributed by atoms with E-state index in [9.17, 15) is 0 Å². The molecule has 4 bridgehead atoms. The van der Waals surface area contributed by atoms with Crippen LogP contribution in [0.25, 0.3) is 0 Å². The lowest BCUT2D eigenvalue weighted by molar-refractivity contribution is -0.104. The zero-order valence-corrected chi connectivity index (χ0v) is 11.2. The van der Waals surface area contributed by atoms with Crippen molar-refractivity contribution in [2.45, 2.75) is 64.8 Å². The van der Waals surface area contributed by atoms with Gasteiger partial charge in [-0.15, -0.1) is 0 Å². The predicted molar refractivity (Wildman–Crippen MR) is 68.4 cm³/mol. The molecule has 2 atom stereocenters. The van der Waals surface area contributed by atoms with E-state index in [0.717, 1.165) is 24.3 Å². The third kappa shape index (κ3) is 1.47. The summed E-state index contributed by atoms with van der Waals surface area (Å²) >= 11 is 0. The van der Waals surface area contributed by atoms with Gasteiger partial charge in [-0.25, -0.2) is 0 Å². The normalized spacial score (nSPS) is 50.2. The minimum atomic E-state index is 0.545. The second-order valence-electron chi connectivity index (χ2n) is 7.29. The maximum Gasteiger partial charge on any atom is 0.0192 e. The fourth-order valence-electron chi connectivity index (χ4n) is 5.59. The molecule has 0 aromatic heterocycles. The van der Waals surface area contributed by atoms with Gasteiger partial charge in [0.2, 0.25) is 0 Å². The zero-order chi connectivity index (χ0) is 11.4. The molecule has 0 aromatic carbocycles. The van der Waals surface area contributed by atoms with Crippen LogP contribution < -0.4 is 5.32 Å². The minimum Gasteiger partial charge on any atom is -0.311 e. The van der Waals surface area contributed by atoms with E-state index in [0.29, 0.717) is 11.0 Å². The van der Waals surface area contributed by atoms with Gasteiger partial charge in [-0.05, 0) is 68.2 Å². The summed E-state index contributed by atoms with van der Waals surface area (Å²) in [6, 6.07) is 0. The smallest absolute Gasteiger partial charge is 0.0192 e. The highest BCUT2D eigenvalue weighted by Gasteiger charge is 2.58. The average Bonchev–Trinajstić information content (AvgIpc) is 2.14. The van der Waals surface area contributed by atoms with Crippen molar-refractivity contribution in [2.75, 3.05) is 6.54 Å². The van der Waals surface area contributed by atoms with E-state index in [2.05, 4.69) is 26.1 Å². The van der Waals surface area contributed by atoms with E-state index in [1.54, 1.807) is 6.42 Å². The lowest BCUT2D eigenvalue weighted by atomic mass is 9.44. The summed E-state index contributed by atoms with van der Waals surface area (Å²) in [7, 11) is 0. The van der Waals surface area contributed by atoms with Gasteiger partial charge in [0.1, 0.15) is 0 Å². The molecule has 4 aliphatic rings. The van der Waals surface area contributed by atoms with E-state index >= 15 is 0 Å². The summed E-state index contributed by atoms with van der Waals surface area (Å²) in [4.78, 5) is 0. The first-order chi connectivity index (χ1) is 7.57. The van der Waals surface area contributed by atoms with Crippen molar-refractivity contribution in [2.24, 2.45) is 23.2 Å². The second kappa shape index (κ2) is 3.48. The highest BCUT2D eigenvalue weighted by Crippen LogP contribution is 2.63. The summed E-state index contributed by atoms with van der Waals surface area (Å²) in [5, 5.41) is 3.87. The van der Waals surface area contributed by atoms with Gasteiger partial charge < -0.3 is 5.32 Å². The van der Waals surface area contributed by atoms with Gasteiger partial charge in [0.25, 0.3) is 0 Å². The lowest BCUT2D eigenvalue weighted by Crippen LogP contribution is -2.63. The Bertz CT molecular complexity index is 267. The van der Waals surface area contributed by atoms with Gasteiger partial charge in [0.05, 0.1) is 0 Å². The maximum absolute atomic E-state index is 3.87. The molecule has 4 rings (SSSR count). The van der Waals surface area contributed by atoms with Crippen molar-refractivity contribution >= 4 is 0 Å². The van der Waals surface area contributed by atoms with E-state index in [1.807, 2.05) is 0 Å². The molecule has 92 valence electrons. The van der Waals surface area contributed by atoms with Crippen molar-refractivity contribution in [1.29, 1.82) is 0 Å². The zero-order valence-electron chi connectivity index (χ0n) is 11.2. The van der Waals surface area contributed by atoms with Crippen LogP contribution in [0.2, 0.25) is 0 Å². The molecule has 0 radical (unpaired) electrons. The molecule has 4 fully saturated rings. The molecule has 1 N–H and O–H groups in total. The van der Waals surface area contributed by atoms with Crippen LogP contribution >= 0.6 is 0 Å². The lowest BCUT2D eigenvalue weighted by Gasteiger charge is -2.64. The average molecular weight is 221 g/mol. The first-order valence-corrected chi connectivity index (χ1v) is 7.32. The first kappa shape index (κ1) is 11.1. The number of rotatable bonds is 3. The summed E-state index contributed by atoms with van der Waals surface area (Å²) in [6.07, 6.45) is 9.04. The number of hydrogen-bond donors (Lipinski definition) is 1. The maximum atomic E-state index is 3.87. The van der Waals surface area contributed by atoms with E-state index in [1.165, 1.54) is 32.1 Å². The fourth-order valence-corrected chi connectivity index (χ4v) is 5.59. The van der Waals surface area contributed by atoms with Gasteiger partial charge in [0.15, 0.2) is 0 Å². The molecule has 0 heterocycles. The quantitative estimate of drug-likeness (QED) is 0.768. The topological polar surface area (TPSA) is 12.0 Å². The third-order valence-electron chi connectivity index (χ3n) is 5.88. The number of nitrogens with one attached hydrogen (secondary N) is 1. The van der Waals surface area contributed by atoms with Crippen LogP contribution in [0.3, 0.4) is 0 Å². The van der Waals surface area contributed by atoms with Gasteiger partial charge >= 0.3 is 0 Å². The molecule has 0 amide bonds. The molecular formula is C15H27N. The van der Waals surface area contributed by atoms with Crippen LogP contribution in [0.15, 0.2) is 0 Å². The molecule has 1 heteroatoms. The second-order valence-corrected chi connectivity index (χ2v) is 7.29. The fraction of sp³-hybridized carbons (Fsp3) is 1.00. The first-order valence-electron chi connectivity index (χ1n) is 7.32. The van der Waals surface area contributed by atoms with Crippen LogP contribution in [0, 0.1) is 23.2 Å². The van der Waals surface area contributed by atoms with E-state index < -0.39 is 0 Å². The summed E-state index contributed by atoms with van der Waals surface area (Å²) in [6.45, 7) is 8.37. The Balaban J connectivity index is 1.90. The Morgan fingerprint density at radius 2 is 1.75 bits per heavy atom. The third-order valence-corrected chi connectivity index (χ3v) is 5.88. The van der Waals surface area contributed by atoms with Crippen molar-refractivity contribution in [1.82, 2.24) is 5.32 Å². The van der Waals surface area contributed by atoms with Crippen LogP contribution in [-0.4, -0.2) is 12.1 Å². The van der Waals surface area contributed by atoms with Crippen molar-refractivity contribution < 1.29 is 0 Å². The van der Waals surface area contributed by atoms with Crippen LogP contribution in [0.5, 0.6) is 0 Å². The summed E-state index contributed by atoms with van der Waals surface area (Å²) < 4.78 is 0. The predicted octanol–water partition coefficient (Wildman–Crippen LogP) is 3.59. The summed E-state index contributed by atoms with van der Waals surface area (Å²) in [5.41, 5.74) is 1.25. The molecule has 2 unspecified atom stereocenters. The molecule has 1 nitrogen and oxygen atoms in total. The molecule has 0 saturated heterocycles. The van der Waals surface area contributed by atoms with Gasteiger partial charge in [-0.3, -0.25) is 0 Å². The van der Waals surface area contributed by atoms with Crippen LogP contribution in [0.1, 0.15) is 59.3 Å².